The van der Waals surface area contributed by atoms with Crippen LogP contribution in [0, 0.1) is 28.6 Å². The second-order valence-corrected chi connectivity index (χ2v) is 15.6. The van der Waals surface area contributed by atoms with Crippen LogP contribution in [0.3, 0.4) is 0 Å². The Hall–Kier alpha value is -2.04. The Balaban J connectivity index is 1.21. The van der Waals surface area contributed by atoms with Crippen molar-refractivity contribution in [2.45, 2.75) is 81.3 Å². The summed E-state index contributed by atoms with van der Waals surface area (Å²) in [5.41, 5.74) is -0.116. The standard InChI is InChI=1S/C32H37NO6S2/c1-29(2)38-26-14-21-20-8-6-17-12-18(34)10-11-30(17,3)27(20)23(35)15-31(21,4)32(26,39-29)25(36)16-40-28-33-22-13-19(37-5)7-9-24(22)41-28/h7,9-13,20-21,23,26-27,35H,6,8,14-16H2,1-5H3/t20?,21?,23-,26+,27?,30?,31?,32+/m0/s1. The molecule has 5 aliphatic rings. The lowest BCUT2D eigenvalue weighted by Crippen LogP contribution is -2.63. The van der Waals surface area contributed by atoms with Crippen molar-refractivity contribution in [2.24, 2.45) is 28.6 Å². The third kappa shape index (κ3) is 3.92. The van der Waals surface area contributed by atoms with Gasteiger partial charge >= 0.3 is 0 Å². The van der Waals surface area contributed by atoms with Gasteiger partial charge in [0, 0.05) is 22.8 Å². The number of carbonyl (C=O) groups is 2. The number of methoxy groups -OCH3 is 1. The molecule has 41 heavy (non-hydrogen) atoms. The van der Waals surface area contributed by atoms with Gasteiger partial charge in [-0.2, -0.15) is 0 Å². The Bertz CT molecular complexity index is 1510. The summed E-state index contributed by atoms with van der Waals surface area (Å²) in [7, 11) is 1.64. The molecule has 3 saturated carbocycles. The number of nitrogens with zero attached hydrogens (tertiary/aromatic N) is 1. The van der Waals surface area contributed by atoms with Gasteiger partial charge in [0.15, 0.2) is 27.3 Å². The lowest BCUT2D eigenvalue weighted by Gasteiger charge is -2.60. The molecule has 8 atom stereocenters. The van der Waals surface area contributed by atoms with Gasteiger partial charge in [-0.3, -0.25) is 9.59 Å². The predicted molar refractivity (Wildman–Crippen MR) is 158 cm³/mol. The van der Waals surface area contributed by atoms with Crippen LogP contribution in [0.1, 0.15) is 53.4 Å². The molecule has 7 rings (SSSR count). The Morgan fingerprint density at radius 2 is 2.07 bits per heavy atom. The Labute approximate surface area is 248 Å². The predicted octanol–water partition coefficient (Wildman–Crippen LogP) is 5.75. The van der Waals surface area contributed by atoms with Gasteiger partial charge in [0.25, 0.3) is 0 Å². The van der Waals surface area contributed by atoms with E-state index in [0.29, 0.717) is 6.42 Å². The van der Waals surface area contributed by atoms with Crippen molar-refractivity contribution in [1.29, 1.82) is 0 Å². The number of benzene rings is 1. The fourth-order valence-electron chi connectivity index (χ4n) is 9.23. The number of allylic oxidation sites excluding steroid dienone is 4. The van der Waals surface area contributed by atoms with Gasteiger partial charge in [0.1, 0.15) is 5.75 Å². The van der Waals surface area contributed by atoms with Crippen molar-refractivity contribution < 1.29 is 28.9 Å². The maximum atomic E-state index is 14.5. The first-order chi connectivity index (χ1) is 19.4. The number of thiazole rings is 1. The number of carbonyl (C=O) groups excluding carboxylic acids is 2. The number of ether oxygens (including phenoxy) is 3. The molecule has 0 radical (unpaired) electrons. The van der Waals surface area contributed by atoms with Gasteiger partial charge in [-0.25, -0.2) is 4.98 Å². The molecule has 1 saturated heterocycles. The van der Waals surface area contributed by atoms with E-state index in [1.807, 2.05) is 38.1 Å². The Morgan fingerprint density at radius 3 is 2.85 bits per heavy atom. The molecule has 5 unspecified atom stereocenters. The summed E-state index contributed by atoms with van der Waals surface area (Å²) in [6, 6.07) is 5.82. The molecule has 218 valence electrons. The van der Waals surface area contributed by atoms with E-state index in [4.69, 9.17) is 19.2 Å². The molecule has 1 aliphatic heterocycles. The zero-order valence-electron chi connectivity index (χ0n) is 24.1. The van der Waals surface area contributed by atoms with Crippen molar-refractivity contribution in [1.82, 2.24) is 4.98 Å². The smallest absolute Gasteiger partial charge is 0.178 e. The molecule has 4 fully saturated rings. The third-order valence-corrected chi connectivity index (χ3v) is 13.0. The molecule has 0 spiro atoms. The zero-order chi connectivity index (χ0) is 28.9. The summed E-state index contributed by atoms with van der Waals surface area (Å²) in [4.78, 5) is 31.4. The fraction of sp³-hybridized carbons (Fsp3) is 0.594. The molecule has 1 aromatic heterocycles. The number of aliphatic hydroxyl groups excluding tert-OH is 1. The number of thioether (sulfide) groups is 1. The summed E-state index contributed by atoms with van der Waals surface area (Å²) >= 11 is 3.01. The van der Waals surface area contributed by atoms with E-state index in [9.17, 15) is 14.7 Å². The Kier molecular flexibility index (Phi) is 6.25. The van der Waals surface area contributed by atoms with Gasteiger partial charge in [0.2, 0.25) is 0 Å². The SMILES string of the molecule is COc1ccc2sc(SCC(=O)[C@@]34OC(C)(C)O[C@@H]3CC3C5CCC6=CC(=O)C=CC6(C)C5[C@@H](O)CC34C)nc2c1. The van der Waals surface area contributed by atoms with Crippen molar-refractivity contribution in [3.05, 3.63) is 42.0 Å². The molecule has 1 aromatic carbocycles. The van der Waals surface area contributed by atoms with Gasteiger partial charge in [-0.15, -0.1) is 11.3 Å². The molecular formula is C32H37NO6S2. The topological polar surface area (TPSA) is 95.0 Å². The van der Waals surface area contributed by atoms with Gasteiger partial charge < -0.3 is 19.3 Å². The van der Waals surface area contributed by atoms with Gasteiger partial charge in [0.05, 0.1) is 35.3 Å². The van der Waals surface area contributed by atoms with Crippen LogP contribution in [0.4, 0.5) is 0 Å². The summed E-state index contributed by atoms with van der Waals surface area (Å²) in [5.74, 6) is 0.452. The van der Waals surface area contributed by atoms with E-state index in [1.54, 1.807) is 30.6 Å². The van der Waals surface area contributed by atoms with Crippen LogP contribution < -0.4 is 4.74 Å². The van der Waals surface area contributed by atoms with Crippen LogP contribution in [0.25, 0.3) is 10.2 Å². The second kappa shape index (κ2) is 9.23. The third-order valence-electron chi connectivity index (χ3n) is 10.8. The number of ketones is 2. The highest BCUT2D eigenvalue weighted by atomic mass is 32.2. The summed E-state index contributed by atoms with van der Waals surface area (Å²) in [6.07, 6.45) is 7.33. The summed E-state index contributed by atoms with van der Waals surface area (Å²) in [5, 5.41) is 11.9. The zero-order valence-corrected chi connectivity index (χ0v) is 25.8. The van der Waals surface area contributed by atoms with Crippen LogP contribution in [0.15, 0.2) is 46.3 Å². The van der Waals surface area contributed by atoms with E-state index in [2.05, 4.69) is 13.8 Å². The fourth-order valence-corrected chi connectivity index (χ4v) is 11.2. The van der Waals surface area contributed by atoms with Crippen molar-refractivity contribution in [3.63, 3.8) is 0 Å². The first-order valence-corrected chi connectivity index (χ1v) is 16.3. The van der Waals surface area contributed by atoms with E-state index >= 15 is 0 Å². The van der Waals surface area contributed by atoms with Crippen LogP contribution in [-0.4, -0.2) is 58.1 Å². The molecule has 7 nitrogen and oxygen atoms in total. The first-order valence-electron chi connectivity index (χ1n) is 14.5. The highest BCUT2D eigenvalue weighted by Gasteiger charge is 2.76. The highest BCUT2D eigenvalue weighted by molar-refractivity contribution is 8.01. The molecule has 0 bridgehead atoms. The largest absolute Gasteiger partial charge is 0.497 e. The van der Waals surface area contributed by atoms with Crippen LogP contribution in [0.5, 0.6) is 5.75 Å². The molecule has 0 amide bonds. The number of hydrogen-bond acceptors (Lipinski definition) is 9. The van der Waals surface area contributed by atoms with E-state index < -0.39 is 22.9 Å². The quantitative estimate of drug-likeness (QED) is 0.437. The number of rotatable bonds is 5. The molecule has 1 N–H and O–H groups in total. The summed E-state index contributed by atoms with van der Waals surface area (Å²) < 4.78 is 20.5. The van der Waals surface area contributed by atoms with Gasteiger partial charge in [-0.05, 0) is 75.7 Å². The summed E-state index contributed by atoms with van der Waals surface area (Å²) in [6.45, 7) is 8.10. The van der Waals surface area contributed by atoms with Crippen LogP contribution >= 0.6 is 23.1 Å². The lowest BCUT2D eigenvalue weighted by molar-refractivity contribution is -0.223. The normalized spacial score (nSPS) is 40.5. The van der Waals surface area contributed by atoms with Crippen molar-refractivity contribution in [3.8, 4) is 5.75 Å². The minimum absolute atomic E-state index is 0.0105. The average molecular weight is 596 g/mol. The van der Waals surface area contributed by atoms with Crippen LogP contribution in [-0.2, 0) is 19.1 Å². The maximum Gasteiger partial charge on any atom is 0.178 e. The maximum absolute atomic E-state index is 14.5. The van der Waals surface area contributed by atoms with Crippen molar-refractivity contribution >= 4 is 44.9 Å². The monoisotopic (exact) mass is 595 g/mol. The average Bonchev–Trinajstić information content (AvgIpc) is 3.53. The van der Waals surface area contributed by atoms with E-state index in [1.165, 1.54) is 11.8 Å². The number of hydrogen-bond donors (Lipinski definition) is 1. The minimum Gasteiger partial charge on any atom is -0.497 e. The molecule has 2 aromatic rings. The Morgan fingerprint density at radius 1 is 1.27 bits per heavy atom. The minimum atomic E-state index is -1.14. The number of fused-ring (bicyclic) bond motifs is 8. The molecular weight excluding hydrogens is 558 g/mol. The van der Waals surface area contributed by atoms with E-state index in [0.717, 1.165) is 45.1 Å². The number of aromatic nitrogens is 1. The first kappa shape index (κ1) is 27.8. The van der Waals surface area contributed by atoms with Crippen LogP contribution in [0.2, 0.25) is 0 Å². The second-order valence-electron chi connectivity index (χ2n) is 13.3. The molecule has 9 heteroatoms. The molecule has 4 aliphatic carbocycles. The highest BCUT2D eigenvalue weighted by Crippen LogP contribution is 2.70. The van der Waals surface area contributed by atoms with Gasteiger partial charge in [-0.1, -0.05) is 37.3 Å². The lowest BCUT2D eigenvalue weighted by atomic mass is 9.46. The number of Topliss-reactive ketones (excluding diaryl/α,β-unsaturated/α-hetero) is 1. The number of aliphatic hydroxyl groups is 1. The van der Waals surface area contributed by atoms with E-state index in [-0.39, 0.29) is 46.6 Å². The van der Waals surface area contributed by atoms with Crippen molar-refractivity contribution in [2.75, 3.05) is 12.9 Å². The molecule has 2 heterocycles.